The van der Waals surface area contributed by atoms with Gasteiger partial charge in [-0.05, 0) is 18.6 Å². The highest BCUT2D eigenvalue weighted by Crippen LogP contribution is 2.24. The van der Waals surface area contributed by atoms with Gasteiger partial charge in [0.15, 0.2) is 0 Å². The smallest absolute Gasteiger partial charge is 0.0957 e. The molecule has 0 bridgehead atoms. The minimum absolute atomic E-state index is 0.000532. The molecule has 1 unspecified atom stereocenters. The number of halogens is 1. The summed E-state index contributed by atoms with van der Waals surface area (Å²) in [5.41, 5.74) is 6.73. The number of hydrogen-bond acceptors (Lipinski definition) is 2. The zero-order chi connectivity index (χ0) is 9.68. The second kappa shape index (κ2) is 5.37. The zero-order valence-electron chi connectivity index (χ0n) is 7.66. The summed E-state index contributed by atoms with van der Waals surface area (Å²) in [5, 5.41) is 0. The molecule has 13 heavy (non-hydrogen) atoms. The van der Waals surface area contributed by atoms with E-state index >= 15 is 0 Å². The molecular weight excluding hydrogens is 230 g/mol. The summed E-state index contributed by atoms with van der Waals surface area (Å²) in [6.07, 6.45) is 0.000532. The third-order valence-corrected chi connectivity index (χ3v) is 2.56. The molecule has 3 heteroatoms. The molecule has 0 spiro atoms. The lowest BCUT2D eigenvalue weighted by Crippen LogP contribution is -2.16. The number of nitrogens with two attached hydrogens (primary N) is 1. The first-order chi connectivity index (χ1) is 6.29. The first-order valence-electron chi connectivity index (χ1n) is 4.35. The van der Waals surface area contributed by atoms with E-state index in [1.165, 1.54) is 0 Å². The van der Waals surface area contributed by atoms with E-state index in [4.69, 9.17) is 10.5 Å². The van der Waals surface area contributed by atoms with Crippen LogP contribution in [0.2, 0.25) is 0 Å². The third-order valence-electron chi connectivity index (χ3n) is 1.83. The van der Waals surface area contributed by atoms with Gasteiger partial charge in [0, 0.05) is 17.6 Å². The van der Waals surface area contributed by atoms with Crippen LogP contribution in [0.4, 0.5) is 0 Å². The summed E-state index contributed by atoms with van der Waals surface area (Å²) >= 11 is 3.47. The summed E-state index contributed by atoms with van der Waals surface area (Å²) in [7, 11) is 0. The van der Waals surface area contributed by atoms with Gasteiger partial charge in [-0.25, -0.2) is 0 Å². The molecule has 1 aromatic carbocycles. The molecule has 1 aromatic rings. The minimum atomic E-state index is 0.000532. The van der Waals surface area contributed by atoms with Crippen molar-refractivity contribution in [2.45, 2.75) is 13.0 Å². The fourth-order valence-corrected chi connectivity index (χ4v) is 1.76. The molecule has 0 saturated heterocycles. The average Bonchev–Trinajstić information content (AvgIpc) is 2.16. The molecule has 0 saturated carbocycles. The Kier molecular flexibility index (Phi) is 4.42. The van der Waals surface area contributed by atoms with Crippen molar-refractivity contribution >= 4 is 15.9 Å². The number of benzene rings is 1. The second-order valence-electron chi connectivity index (χ2n) is 2.70. The maximum Gasteiger partial charge on any atom is 0.0957 e. The fraction of sp³-hybridized carbons (Fsp3) is 0.400. The van der Waals surface area contributed by atoms with Crippen LogP contribution < -0.4 is 5.73 Å². The predicted octanol–water partition coefficient (Wildman–Crippen LogP) is 2.49. The molecule has 0 aliphatic heterocycles. The standard InChI is InChI=1S/C10H14BrNO/c1-2-13-10(7-12)8-5-3-4-6-9(8)11/h3-6,10H,2,7,12H2,1H3. The highest BCUT2D eigenvalue weighted by molar-refractivity contribution is 9.10. The van der Waals surface area contributed by atoms with E-state index in [2.05, 4.69) is 15.9 Å². The molecule has 0 aliphatic rings. The summed E-state index contributed by atoms with van der Waals surface area (Å²) in [6, 6.07) is 7.99. The van der Waals surface area contributed by atoms with Crippen molar-refractivity contribution < 1.29 is 4.74 Å². The Bertz CT molecular complexity index is 265. The summed E-state index contributed by atoms with van der Waals surface area (Å²) in [5.74, 6) is 0. The molecule has 2 N–H and O–H groups in total. The average molecular weight is 244 g/mol. The number of rotatable bonds is 4. The molecule has 0 fully saturated rings. The molecule has 0 aromatic heterocycles. The third kappa shape index (κ3) is 2.79. The topological polar surface area (TPSA) is 35.2 Å². The molecule has 0 heterocycles. The summed E-state index contributed by atoms with van der Waals surface area (Å²) in [4.78, 5) is 0. The van der Waals surface area contributed by atoms with E-state index in [9.17, 15) is 0 Å². The van der Waals surface area contributed by atoms with Crippen molar-refractivity contribution in [3.63, 3.8) is 0 Å². The van der Waals surface area contributed by atoms with E-state index in [0.717, 1.165) is 10.0 Å². The van der Waals surface area contributed by atoms with E-state index in [1.807, 2.05) is 31.2 Å². The Morgan fingerprint density at radius 3 is 2.69 bits per heavy atom. The SMILES string of the molecule is CCOC(CN)c1ccccc1Br. The van der Waals surface area contributed by atoms with Crippen LogP contribution in [0.15, 0.2) is 28.7 Å². The second-order valence-corrected chi connectivity index (χ2v) is 3.56. The van der Waals surface area contributed by atoms with E-state index in [-0.39, 0.29) is 6.10 Å². The molecule has 0 radical (unpaired) electrons. The van der Waals surface area contributed by atoms with Gasteiger partial charge < -0.3 is 10.5 Å². The monoisotopic (exact) mass is 243 g/mol. The highest BCUT2D eigenvalue weighted by Gasteiger charge is 2.11. The predicted molar refractivity (Wildman–Crippen MR) is 57.6 cm³/mol. The largest absolute Gasteiger partial charge is 0.372 e. The summed E-state index contributed by atoms with van der Waals surface area (Å²) in [6.45, 7) is 3.17. The molecule has 1 atom stereocenters. The van der Waals surface area contributed by atoms with Crippen molar-refractivity contribution in [3.8, 4) is 0 Å². The Hall–Kier alpha value is -0.380. The Morgan fingerprint density at radius 1 is 1.46 bits per heavy atom. The molecular formula is C10H14BrNO. The van der Waals surface area contributed by atoms with E-state index in [0.29, 0.717) is 13.2 Å². The Morgan fingerprint density at radius 2 is 2.15 bits per heavy atom. The van der Waals surface area contributed by atoms with E-state index in [1.54, 1.807) is 0 Å². The lowest BCUT2D eigenvalue weighted by Gasteiger charge is -2.16. The number of hydrogen-bond donors (Lipinski definition) is 1. The van der Waals surface area contributed by atoms with Crippen LogP contribution in [-0.4, -0.2) is 13.2 Å². The van der Waals surface area contributed by atoms with Gasteiger partial charge in [-0.15, -0.1) is 0 Å². The first-order valence-corrected chi connectivity index (χ1v) is 5.15. The zero-order valence-corrected chi connectivity index (χ0v) is 9.25. The van der Waals surface area contributed by atoms with Gasteiger partial charge in [-0.3, -0.25) is 0 Å². The van der Waals surface area contributed by atoms with Gasteiger partial charge in [0.2, 0.25) is 0 Å². The van der Waals surface area contributed by atoms with Crippen LogP contribution in [0.5, 0.6) is 0 Å². The van der Waals surface area contributed by atoms with Crippen LogP contribution in [-0.2, 0) is 4.74 Å². The van der Waals surface area contributed by atoms with Crippen molar-refractivity contribution in [3.05, 3.63) is 34.3 Å². The molecule has 0 aliphatic carbocycles. The van der Waals surface area contributed by atoms with Crippen molar-refractivity contribution in [1.29, 1.82) is 0 Å². The lowest BCUT2D eigenvalue weighted by molar-refractivity contribution is 0.0684. The van der Waals surface area contributed by atoms with Gasteiger partial charge >= 0.3 is 0 Å². The van der Waals surface area contributed by atoms with Gasteiger partial charge in [-0.1, -0.05) is 34.1 Å². The van der Waals surface area contributed by atoms with E-state index < -0.39 is 0 Å². The van der Waals surface area contributed by atoms with Crippen molar-refractivity contribution in [1.82, 2.24) is 0 Å². The van der Waals surface area contributed by atoms with Gasteiger partial charge in [0.05, 0.1) is 6.10 Å². The maximum atomic E-state index is 5.61. The quantitative estimate of drug-likeness (QED) is 0.883. The Balaban J connectivity index is 2.84. The van der Waals surface area contributed by atoms with Gasteiger partial charge in [0.25, 0.3) is 0 Å². The summed E-state index contributed by atoms with van der Waals surface area (Å²) < 4.78 is 6.56. The minimum Gasteiger partial charge on any atom is -0.372 e. The van der Waals surface area contributed by atoms with Crippen LogP contribution in [0, 0.1) is 0 Å². The molecule has 0 amide bonds. The lowest BCUT2D eigenvalue weighted by atomic mass is 10.1. The van der Waals surface area contributed by atoms with Crippen LogP contribution in [0.1, 0.15) is 18.6 Å². The normalized spacial score (nSPS) is 12.8. The van der Waals surface area contributed by atoms with Crippen molar-refractivity contribution in [2.75, 3.05) is 13.2 Å². The van der Waals surface area contributed by atoms with Crippen LogP contribution in [0.3, 0.4) is 0 Å². The highest BCUT2D eigenvalue weighted by atomic mass is 79.9. The van der Waals surface area contributed by atoms with Crippen LogP contribution in [0.25, 0.3) is 0 Å². The Labute approximate surface area is 87.2 Å². The van der Waals surface area contributed by atoms with Crippen molar-refractivity contribution in [2.24, 2.45) is 5.73 Å². The molecule has 1 rings (SSSR count). The molecule has 72 valence electrons. The van der Waals surface area contributed by atoms with Crippen LogP contribution >= 0.6 is 15.9 Å². The molecule has 2 nitrogen and oxygen atoms in total. The first kappa shape index (κ1) is 10.7. The fourth-order valence-electron chi connectivity index (χ4n) is 1.22. The maximum absolute atomic E-state index is 5.61. The van der Waals surface area contributed by atoms with Gasteiger partial charge in [0.1, 0.15) is 0 Å². The van der Waals surface area contributed by atoms with Gasteiger partial charge in [-0.2, -0.15) is 0 Å². The number of ether oxygens (including phenoxy) is 1.